The van der Waals surface area contributed by atoms with Gasteiger partial charge in [-0.3, -0.25) is 0 Å². The molecule has 0 atom stereocenters. The molecule has 1 aromatic rings. The molecule has 12 heavy (non-hydrogen) atoms. The normalized spacial score (nSPS) is 9.67. The Balaban J connectivity index is 3.19. The smallest absolute Gasteiger partial charge is 0.225 e. The molecule has 0 saturated carbocycles. The molecule has 66 valence electrons. The van der Waals surface area contributed by atoms with E-state index in [4.69, 9.17) is 23.2 Å². The van der Waals surface area contributed by atoms with Crippen molar-refractivity contribution in [2.45, 2.75) is 0 Å². The van der Waals surface area contributed by atoms with Crippen LogP contribution in [-0.4, -0.2) is 24.1 Å². The lowest BCUT2D eigenvalue weighted by Gasteiger charge is -2.05. The number of nitrogens with zero attached hydrogens (tertiary/aromatic N) is 2. The van der Waals surface area contributed by atoms with Gasteiger partial charge in [0.2, 0.25) is 5.95 Å². The Morgan fingerprint density at radius 1 is 1.08 bits per heavy atom. The molecule has 2 N–H and O–H groups in total. The van der Waals surface area contributed by atoms with Crippen LogP contribution in [0.3, 0.4) is 0 Å². The standard InChI is InChI=1S/C6H8Cl2N4/c1-9-5-3(7)4(8)11-6(10-2)12-5/h1-2H3,(H2,9,10,11,12). The average molecular weight is 207 g/mol. The summed E-state index contributed by atoms with van der Waals surface area (Å²) < 4.78 is 0. The maximum Gasteiger partial charge on any atom is 0.225 e. The van der Waals surface area contributed by atoms with Crippen LogP contribution in [0.4, 0.5) is 11.8 Å². The summed E-state index contributed by atoms with van der Waals surface area (Å²) in [6.07, 6.45) is 0. The van der Waals surface area contributed by atoms with Gasteiger partial charge in [-0.2, -0.15) is 9.97 Å². The molecule has 4 nitrogen and oxygen atoms in total. The molecule has 6 heteroatoms. The van der Waals surface area contributed by atoms with Crippen molar-refractivity contribution in [2.24, 2.45) is 0 Å². The first-order chi connectivity index (χ1) is 5.69. The van der Waals surface area contributed by atoms with Crippen molar-refractivity contribution in [1.29, 1.82) is 0 Å². The molecule has 0 spiro atoms. The zero-order valence-corrected chi connectivity index (χ0v) is 8.16. The Bertz CT molecular complexity index is 289. The average Bonchev–Trinajstić information content (AvgIpc) is 2.09. The molecule has 0 aromatic carbocycles. The van der Waals surface area contributed by atoms with Crippen LogP contribution in [0.15, 0.2) is 0 Å². The van der Waals surface area contributed by atoms with Crippen LogP contribution in [0, 0.1) is 0 Å². The fraction of sp³-hybridized carbons (Fsp3) is 0.333. The first kappa shape index (κ1) is 9.35. The second kappa shape index (κ2) is 3.78. The number of nitrogens with one attached hydrogen (secondary N) is 2. The topological polar surface area (TPSA) is 49.8 Å². The van der Waals surface area contributed by atoms with Gasteiger partial charge >= 0.3 is 0 Å². The molecule has 0 saturated heterocycles. The number of hydrogen-bond acceptors (Lipinski definition) is 4. The fourth-order valence-electron chi connectivity index (χ4n) is 0.697. The zero-order chi connectivity index (χ0) is 9.14. The van der Waals surface area contributed by atoms with Crippen molar-refractivity contribution >= 4 is 35.0 Å². The van der Waals surface area contributed by atoms with Crippen molar-refractivity contribution in [3.8, 4) is 0 Å². The summed E-state index contributed by atoms with van der Waals surface area (Å²) in [6, 6.07) is 0. The maximum absolute atomic E-state index is 5.78. The highest BCUT2D eigenvalue weighted by molar-refractivity contribution is 6.42. The van der Waals surface area contributed by atoms with Gasteiger partial charge < -0.3 is 10.6 Å². The van der Waals surface area contributed by atoms with Crippen LogP contribution < -0.4 is 10.6 Å². The van der Waals surface area contributed by atoms with Crippen molar-refractivity contribution < 1.29 is 0 Å². The summed E-state index contributed by atoms with van der Waals surface area (Å²) >= 11 is 11.5. The molecule has 1 aromatic heterocycles. The minimum absolute atomic E-state index is 0.236. The van der Waals surface area contributed by atoms with Gasteiger partial charge in [0.05, 0.1) is 0 Å². The predicted molar refractivity (Wildman–Crippen MR) is 51.1 cm³/mol. The van der Waals surface area contributed by atoms with Gasteiger partial charge in [0.1, 0.15) is 5.02 Å². The summed E-state index contributed by atoms with van der Waals surface area (Å²) in [5.74, 6) is 0.953. The Labute approximate surface area is 80.3 Å². The van der Waals surface area contributed by atoms with Gasteiger partial charge in [-0.25, -0.2) is 0 Å². The molecule has 1 rings (SSSR count). The molecule has 0 aliphatic heterocycles. The van der Waals surface area contributed by atoms with E-state index in [1.165, 1.54) is 0 Å². The van der Waals surface area contributed by atoms with E-state index in [1.54, 1.807) is 14.1 Å². The minimum Gasteiger partial charge on any atom is -0.372 e. The first-order valence-corrected chi connectivity index (χ1v) is 4.03. The van der Waals surface area contributed by atoms with Crippen LogP contribution >= 0.6 is 23.2 Å². The van der Waals surface area contributed by atoms with Crippen LogP contribution in [0.2, 0.25) is 10.2 Å². The number of hydrogen-bond donors (Lipinski definition) is 2. The number of aromatic nitrogens is 2. The molecule has 1 heterocycles. The van der Waals surface area contributed by atoms with Crippen molar-refractivity contribution in [2.75, 3.05) is 24.7 Å². The minimum atomic E-state index is 0.236. The lowest BCUT2D eigenvalue weighted by atomic mass is 10.6. The van der Waals surface area contributed by atoms with E-state index in [0.717, 1.165) is 0 Å². The highest BCUT2D eigenvalue weighted by Gasteiger charge is 2.08. The van der Waals surface area contributed by atoms with Crippen LogP contribution in [0.1, 0.15) is 0 Å². The lowest BCUT2D eigenvalue weighted by molar-refractivity contribution is 1.14. The Kier molecular flexibility index (Phi) is 2.94. The monoisotopic (exact) mass is 206 g/mol. The van der Waals surface area contributed by atoms with Crippen LogP contribution in [-0.2, 0) is 0 Å². The maximum atomic E-state index is 5.78. The number of rotatable bonds is 2. The Morgan fingerprint density at radius 2 is 1.75 bits per heavy atom. The highest BCUT2D eigenvalue weighted by Crippen LogP contribution is 2.27. The molecule has 0 aliphatic carbocycles. The zero-order valence-electron chi connectivity index (χ0n) is 6.65. The molecule has 0 amide bonds. The van der Waals surface area contributed by atoms with Gasteiger partial charge in [0.25, 0.3) is 0 Å². The second-order valence-corrected chi connectivity index (χ2v) is 2.74. The van der Waals surface area contributed by atoms with Gasteiger partial charge in [-0.15, -0.1) is 0 Å². The predicted octanol–water partition coefficient (Wildman–Crippen LogP) is 1.87. The molecule has 0 fully saturated rings. The SMILES string of the molecule is CNc1nc(Cl)c(Cl)c(NC)n1. The van der Waals surface area contributed by atoms with E-state index < -0.39 is 0 Å². The van der Waals surface area contributed by atoms with E-state index in [-0.39, 0.29) is 5.15 Å². The summed E-state index contributed by atoms with van der Waals surface area (Å²) in [4.78, 5) is 7.89. The van der Waals surface area contributed by atoms with Gasteiger partial charge in [0, 0.05) is 14.1 Å². The molecule has 0 aliphatic rings. The van der Waals surface area contributed by atoms with Crippen LogP contribution in [0.5, 0.6) is 0 Å². The quantitative estimate of drug-likeness (QED) is 0.726. The summed E-state index contributed by atoms with van der Waals surface area (Å²) in [5.41, 5.74) is 0. The lowest BCUT2D eigenvalue weighted by Crippen LogP contribution is -2.01. The largest absolute Gasteiger partial charge is 0.372 e. The van der Waals surface area contributed by atoms with Crippen molar-refractivity contribution in [3.63, 3.8) is 0 Å². The van der Waals surface area contributed by atoms with Crippen molar-refractivity contribution in [1.82, 2.24) is 9.97 Å². The van der Waals surface area contributed by atoms with E-state index in [2.05, 4.69) is 20.6 Å². The van der Waals surface area contributed by atoms with Gasteiger partial charge in [0.15, 0.2) is 11.0 Å². The third-order valence-electron chi connectivity index (χ3n) is 1.27. The van der Waals surface area contributed by atoms with E-state index in [1.807, 2.05) is 0 Å². The van der Waals surface area contributed by atoms with Crippen molar-refractivity contribution in [3.05, 3.63) is 10.2 Å². The molecule has 0 radical (unpaired) electrons. The summed E-state index contributed by atoms with van der Waals surface area (Å²) in [7, 11) is 3.42. The van der Waals surface area contributed by atoms with Gasteiger partial charge in [-0.05, 0) is 0 Å². The summed E-state index contributed by atoms with van der Waals surface area (Å²) in [6.45, 7) is 0. The fourth-order valence-corrected chi connectivity index (χ4v) is 1.05. The number of halogens is 2. The third kappa shape index (κ3) is 1.70. The highest BCUT2D eigenvalue weighted by atomic mass is 35.5. The van der Waals surface area contributed by atoms with E-state index in [0.29, 0.717) is 16.8 Å². The molecular weight excluding hydrogens is 199 g/mol. The molecule has 0 bridgehead atoms. The third-order valence-corrected chi connectivity index (χ3v) is 2.00. The Hall–Kier alpha value is -0.740. The van der Waals surface area contributed by atoms with Gasteiger partial charge in [-0.1, -0.05) is 23.2 Å². The first-order valence-electron chi connectivity index (χ1n) is 3.27. The molecular formula is C6H8Cl2N4. The second-order valence-electron chi connectivity index (χ2n) is 2.00. The van der Waals surface area contributed by atoms with E-state index in [9.17, 15) is 0 Å². The summed E-state index contributed by atoms with van der Waals surface area (Å²) in [5, 5.41) is 6.14. The Morgan fingerprint density at radius 3 is 2.25 bits per heavy atom. The van der Waals surface area contributed by atoms with Crippen LogP contribution in [0.25, 0.3) is 0 Å². The van der Waals surface area contributed by atoms with E-state index >= 15 is 0 Å². The number of anilines is 2. The molecule has 0 unspecified atom stereocenters.